The summed E-state index contributed by atoms with van der Waals surface area (Å²) < 4.78 is 0. The fraction of sp³-hybridized carbons (Fsp3) is 0.769. The summed E-state index contributed by atoms with van der Waals surface area (Å²) in [6.45, 7) is 2.96. The molecule has 0 radical (unpaired) electrons. The minimum Gasteiger partial charge on any atom is -0.478 e. The van der Waals surface area contributed by atoms with E-state index >= 15 is 0 Å². The van der Waals surface area contributed by atoms with Crippen LogP contribution in [-0.2, 0) is 4.79 Å². The van der Waals surface area contributed by atoms with Crippen LogP contribution in [0.15, 0.2) is 12.7 Å². The second-order valence-electron chi connectivity index (χ2n) is 5.84. The van der Waals surface area contributed by atoms with Gasteiger partial charge in [0, 0.05) is 12.0 Å². The third kappa shape index (κ3) is 2.06. The molecule has 0 saturated heterocycles. The molecule has 0 spiro atoms. The zero-order valence-corrected chi connectivity index (χ0v) is 10.2. The maximum absolute atomic E-state index is 10.1. The van der Waals surface area contributed by atoms with Crippen molar-refractivity contribution in [2.24, 2.45) is 17.8 Å². The maximum atomic E-state index is 10.1. The van der Waals surface area contributed by atoms with Gasteiger partial charge in [0.15, 0.2) is 5.79 Å². The first kappa shape index (κ1) is 13.5. The normalized spacial score (nSPS) is 42.9. The maximum Gasteiger partial charge on any atom is 0.327 e. The quantitative estimate of drug-likeness (QED) is 0.404. The summed E-state index contributed by atoms with van der Waals surface area (Å²) in [6.07, 6.45) is 4.99. The molecule has 2 unspecified atom stereocenters. The van der Waals surface area contributed by atoms with Crippen LogP contribution in [0.2, 0.25) is 0 Å². The van der Waals surface area contributed by atoms with Crippen LogP contribution in [0.1, 0.15) is 32.1 Å². The first-order valence-corrected chi connectivity index (χ1v) is 6.31. The van der Waals surface area contributed by atoms with Crippen molar-refractivity contribution in [3.63, 3.8) is 0 Å². The molecular formula is C13H20O5. The lowest BCUT2D eigenvalue weighted by Crippen LogP contribution is -2.68. The van der Waals surface area contributed by atoms with Gasteiger partial charge in [0.2, 0.25) is 0 Å². The Morgan fingerprint density at radius 1 is 1.11 bits per heavy atom. The van der Waals surface area contributed by atoms with E-state index < -0.39 is 17.4 Å². The minimum atomic E-state index is -1.81. The highest BCUT2D eigenvalue weighted by atomic mass is 16.5. The molecule has 4 fully saturated rings. The van der Waals surface area contributed by atoms with E-state index in [1.165, 1.54) is 6.42 Å². The molecule has 4 aliphatic rings. The highest BCUT2D eigenvalue weighted by molar-refractivity contribution is 5.78. The van der Waals surface area contributed by atoms with Gasteiger partial charge in [-0.25, -0.2) is 4.79 Å². The molecule has 0 heterocycles. The SMILES string of the molecule is C=CC(=O)O.OC12CC3CC(CC(C3)C1(O)O)C2. The summed E-state index contributed by atoms with van der Waals surface area (Å²) in [5.41, 5.74) is -1.19. The van der Waals surface area contributed by atoms with Gasteiger partial charge in [-0.1, -0.05) is 6.58 Å². The Labute approximate surface area is 106 Å². The molecule has 0 aromatic carbocycles. The second kappa shape index (κ2) is 4.33. The molecule has 4 aliphatic carbocycles. The Balaban J connectivity index is 0.000000209. The van der Waals surface area contributed by atoms with E-state index in [0.717, 1.165) is 18.9 Å². The number of aliphatic carboxylic acids is 1. The van der Waals surface area contributed by atoms with Crippen molar-refractivity contribution in [1.29, 1.82) is 0 Å². The van der Waals surface area contributed by atoms with Crippen molar-refractivity contribution in [3.05, 3.63) is 12.7 Å². The van der Waals surface area contributed by atoms with E-state index in [1.54, 1.807) is 0 Å². The summed E-state index contributed by atoms with van der Waals surface area (Å²) in [6, 6.07) is 0. The minimum absolute atomic E-state index is 0.0799. The molecule has 4 saturated carbocycles. The average Bonchev–Trinajstić information content (AvgIpc) is 2.26. The summed E-state index contributed by atoms with van der Waals surface area (Å²) in [7, 11) is 0. The number of carbonyl (C=O) groups is 1. The number of hydrogen-bond donors (Lipinski definition) is 4. The Kier molecular flexibility index (Phi) is 3.25. The molecule has 5 nitrogen and oxygen atoms in total. The monoisotopic (exact) mass is 256 g/mol. The molecule has 2 atom stereocenters. The first-order chi connectivity index (χ1) is 8.28. The summed E-state index contributed by atoms with van der Waals surface area (Å²) in [5.74, 6) is -1.79. The molecule has 0 aromatic rings. The summed E-state index contributed by atoms with van der Waals surface area (Å²) >= 11 is 0. The predicted octanol–water partition coefficient (Wildman–Crippen LogP) is 0.495. The van der Waals surface area contributed by atoms with Crippen molar-refractivity contribution in [1.82, 2.24) is 0 Å². The number of aliphatic hydroxyl groups is 3. The van der Waals surface area contributed by atoms with E-state index in [-0.39, 0.29) is 5.92 Å². The summed E-state index contributed by atoms with van der Waals surface area (Å²) in [4.78, 5) is 9.25. The Morgan fingerprint density at radius 3 is 1.89 bits per heavy atom. The van der Waals surface area contributed by atoms with E-state index in [1.807, 2.05) is 0 Å². The van der Waals surface area contributed by atoms with Gasteiger partial charge in [-0.05, 0) is 43.9 Å². The third-order valence-electron chi connectivity index (χ3n) is 4.58. The molecule has 5 heteroatoms. The molecule has 18 heavy (non-hydrogen) atoms. The van der Waals surface area contributed by atoms with Crippen LogP contribution in [0, 0.1) is 17.8 Å². The highest BCUT2D eigenvalue weighted by Gasteiger charge is 2.64. The fourth-order valence-corrected chi connectivity index (χ4v) is 3.95. The van der Waals surface area contributed by atoms with Gasteiger partial charge in [0.05, 0.1) is 0 Å². The van der Waals surface area contributed by atoms with E-state index in [9.17, 15) is 20.1 Å². The van der Waals surface area contributed by atoms with Crippen LogP contribution in [0.3, 0.4) is 0 Å². The number of rotatable bonds is 1. The average molecular weight is 256 g/mol. The molecule has 4 N–H and O–H groups in total. The van der Waals surface area contributed by atoms with Crippen molar-refractivity contribution < 1.29 is 25.2 Å². The first-order valence-electron chi connectivity index (χ1n) is 6.31. The molecular weight excluding hydrogens is 236 g/mol. The zero-order valence-electron chi connectivity index (χ0n) is 10.2. The van der Waals surface area contributed by atoms with Crippen LogP contribution >= 0.6 is 0 Å². The van der Waals surface area contributed by atoms with Gasteiger partial charge in [-0.2, -0.15) is 0 Å². The van der Waals surface area contributed by atoms with E-state index in [2.05, 4.69) is 6.58 Å². The highest BCUT2D eigenvalue weighted by Crippen LogP contribution is 2.59. The molecule has 102 valence electrons. The van der Waals surface area contributed by atoms with E-state index in [0.29, 0.717) is 24.7 Å². The van der Waals surface area contributed by atoms with Gasteiger partial charge in [-0.3, -0.25) is 0 Å². The van der Waals surface area contributed by atoms with Crippen molar-refractivity contribution in [3.8, 4) is 0 Å². The van der Waals surface area contributed by atoms with Gasteiger partial charge in [-0.15, -0.1) is 0 Å². The molecule has 4 rings (SSSR count). The van der Waals surface area contributed by atoms with Crippen LogP contribution < -0.4 is 0 Å². The molecule has 0 aliphatic heterocycles. The number of carboxylic acids is 1. The van der Waals surface area contributed by atoms with Crippen LogP contribution in [0.25, 0.3) is 0 Å². The van der Waals surface area contributed by atoms with Gasteiger partial charge >= 0.3 is 5.97 Å². The Bertz CT molecular complexity index is 348. The van der Waals surface area contributed by atoms with Crippen molar-refractivity contribution >= 4 is 5.97 Å². The smallest absolute Gasteiger partial charge is 0.327 e. The summed E-state index contributed by atoms with van der Waals surface area (Å²) in [5, 5.41) is 37.4. The van der Waals surface area contributed by atoms with Gasteiger partial charge in [0.1, 0.15) is 5.60 Å². The topological polar surface area (TPSA) is 98.0 Å². The Hall–Kier alpha value is -0.910. The molecule has 0 aromatic heterocycles. The largest absolute Gasteiger partial charge is 0.478 e. The lowest BCUT2D eigenvalue weighted by atomic mass is 9.51. The van der Waals surface area contributed by atoms with Gasteiger partial charge in [0.25, 0.3) is 0 Å². The van der Waals surface area contributed by atoms with Crippen LogP contribution in [0.4, 0.5) is 0 Å². The predicted molar refractivity (Wildman–Crippen MR) is 63.5 cm³/mol. The number of carboxylic acid groups (broad SMARTS) is 1. The second-order valence-corrected chi connectivity index (χ2v) is 5.84. The lowest BCUT2D eigenvalue weighted by Gasteiger charge is -2.60. The van der Waals surface area contributed by atoms with Gasteiger partial charge < -0.3 is 20.4 Å². The lowest BCUT2D eigenvalue weighted by molar-refractivity contribution is -0.358. The standard InChI is InChI=1S/C10H16O3.C3H4O2/c11-9-4-6-1-7(5-9)3-8(2-6)10(9,12)13;1-2-3(4)5/h6-8,11-13H,1-5H2;2H,1H2,(H,4,5). The van der Waals surface area contributed by atoms with E-state index in [4.69, 9.17) is 5.11 Å². The Morgan fingerprint density at radius 2 is 1.56 bits per heavy atom. The van der Waals surface area contributed by atoms with Crippen LogP contribution in [0.5, 0.6) is 0 Å². The molecule has 0 amide bonds. The molecule has 4 bridgehead atoms. The number of hydrogen-bond acceptors (Lipinski definition) is 4. The van der Waals surface area contributed by atoms with Crippen LogP contribution in [-0.4, -0.2) is 37.8 Å². The zero-order chi connectivity index (χ0) is 13.6. The van der Waals surface area contributed by atoms with Crippen molar-refractivity contribution in [2.75, 3.05) is 0 Å². The van der Waals surface area contributed by atoms with Crippen molar-refractivity contribution in [2.45, 2.75) is 43.5 Å². The fourth-order valence-electron chi connectivity index (χ4n) is 3.95. The third-order valence-corrected chi connectivity index (χ3v) is 4.58.